The lowest BCUT2D eigenvalue weighted by molar-refractivity contribution is -0.137. The number of piperidine rings is 1. The predicted molar refractivity (Wildman–Crippen MR) is 141 cm³/mol. The standard InChI is InChI=1S/C26H35ClN6O2/c1-17-21(7-9-24(26(17)28)31(2)29)22(14-25(34)35)18-6-8-23(27)19(13-18)15-32-11-3-5-20(16-32)33-12-4-10-30-33/h4,6-9,12-13,20,22,30H,3,5,10-11,14-16,28-29H2,1-2H3,(H,34,35). The molecule has 2 atom stereocenters. The van der Waals surface area contributed by atoms with E-state index in [0.29, 0.717) is 22.4 Å². The average Bonchev–Trinajstić information content (AvgIpc) is 3.36. The highest BCUT2D eigenvalue weighted by atomic mass is 35.5. The van der Waals surface area contributed by atoms with Gasteiger partial charge in [0.05, 0.1) is 23.8 Å². The van der Waals surface area contributed by atoms with Gasteiger partial charge in [0.2, 0.25) is 0 Å². The predicted octanol–water partition coefficient (Wildman–Crippen LogP) is 3.45. The smallest absolute Gasteiger partial charge is 0.304 e. The van der Waals surface area contributed by atoms with Crippen molar-refractivity contribution in [3.05, 3.63) is 69.9 Å². The van der Waals surface area contributed by atoms with Crippen molar-refractivity contribution < 1.29 is 9.90 Å². The number of hydrogen-bond acceptors (Lipinski definition) is 7. The van der Waals surface area contributed by atoms with E-state index < -0.39 is 5.97 Å². The number of rotatable bonds is 8. The SMILES string of the molecule is Cc1c(C(CC(=O)O)c2ccc(Cl)c(CN3CCCC(N4C=CCN4)C3)c2)ccc(N(C)N)c1N. The van der Waals surface area contributed by atoms with Gasteiger partial charge in [0.1, 0.15) is 0 Å². The minimum Gasteiger partial charge on any atom is -0.481 e. The van der Waals surface area contributed by atoms with Crippen molar-refractivity contribution in [1.82, 2.24) is 15.3 Å². The highest BCUT2D eigenvalue weighted by molar-refractivity contribution is 6.31. The van der Waals surface area contributed by atoms with Gasteiger partial charge in [0.15, 0.2) is 0 Å². The zero-order valence-electron chi connectivity index (χ0n) is 20.4. The largest absolute Gasteiger partial charge is 0.481 e. The lowest BCUT2D eigenvalue weighted by Gasteiger charge is -2.37. The van der Waals surface area contributed by atoms with E-state index in [4.69, 9.17) is 23.2 Å². The molecule has 188 valence electrons. The summed E-state index contributed by atoms with van der Waals surface area (Å²) in [7, 11) is 1.73. The molecule has 2 aromatic rings. The fraction of sp³-hybridized carbons (Fsp3) is 0.423. The van der Waals surface area contributed by atoms with Crippen molar-refractivity contribution in [3.63, 3.8) is 0 Å². The monoisotopic (exact) mass is 498 g/mol. The number of nitrogens with one attached hydrogen (secondary N) is 1. The number of likely N-dealkylation sites (tertiary alicyclic amines) is 1. The summed E-state index contributed by atoms with van der Waals surface area (Å²) in [5.74, 6) is 4.69. The normalized spacial score (nSPS) is 19.2. The number of anilines is 2. The number of carbonyl (C=O) groups is 1. The zero-order chi connectivity index (χ0) is 25.1. The topological polar surface area (TPSA) is 111 Å². The molecule has 0 aromatic heterocycles. The second-order valence-electron chi connectivity index (χ2n) is 9.51. The number of carboxylic acids is 1. The van der Waals surface area contributed by atoms with Gasteiger partial charge in [-0.25, -0.2) is 11.3 Å². The van der Waals surface area contributed by atoms with Gasteiger partial charge in [0.25, 0.3) is 0 Å². The van der Waals surface area contributed by atoms with Crippen LogP contribution >= 0.6 is 11.6 Å². The van der Waals surface area contributed by atoms with Crippen LogP contribution in [0.4, 0.5) is 11.4 Å². The fourth-order valence-corrected chi connectivity index (χ4v) is 5.38. The molecule has 35 heavy (non-hydrogen) atoms. The number of nitrogens with zero attached hydrogens (tertiary/aromatic N) is 3. The Morgan fingerprint density at radius 1 is 1.34 bits per heavy atom. The fourth-order valence-electron chi connectivity index (χ4n) is 5.20. The van der Waals surface area contributed by atoms with Crippen LogP contribution in [0.3, 0.4) is 0 Å². The molecule has 2 aliphatic heterocycles. The third kappa shape index (κ3) is 5.73. The number of hydrogen-bond donors (Lipinski definition) is 4. The molecule has 0 radical (unpaired) electrons. The molecule has 2 unspecified atom stereocenters. The van der Waals surface area contributed by atoms with Crippen LogP contribution in [0, 0.1) is 6.92 Å². The van der Waals surface area contributed by atoms with E-state index in [1.165, 1.54) is 5.01 Å². The lowest BCUT2D eigenvalue weighted by Crippen LogP contribution is -2.48. The molecule has 0 amide bonds. The van der Waals surface area contributed by atoms with Crippen LogP contribution in [-0.4, -0.2) is 53.7 Å². The van der Waals surface area contributed by atoms with E-state index in [9.17, 15) is 9.90 Å². The summed E-state index contributed by atoms with van der Waals surface area (Å²) in [5, 5.41) is 14.1. The Labute approximate surface area is 212 Å². The first kappa shape index (κ1) is 25.3. The summed E-state index contributed by atoms with van der Waals surface area (Å²) >= 11 is 6.63. The van der Waals surface area contributed by atoms with Gasteiger partial charge < -0.3 is 20.9 Å². The lowest BCUT2D eigenvalue weighted by atomic mass is 9.84. The molecule has 2 aliphatic rings. The molecular formula is C26H35ClN6O2. The van der Waals surface area contributed by atoms with Gasteiger partial charge in [-0.05, 0) is 60.7 Å². The van der Waals surface area contributed by atoms with Gasteiger partial charge in [-0.3, -0.25) is 9.69 Å². The molecule has 1 saturated heterocycles. The van der Waals surface area contributed by atoms with Crippen LogP contribution in [0.1, 0.15) is 47.4 Å². The molecule has 8 nitrogen and oxygen atoms in total. The Kier molecular flexibility index (Phi) is 7.86. The van der Waals surface area contributed by atoms with Crippen LogP contribution < -0.4 is 22.0 Å². The highest BCUT2D eigenvalue weighted by Crippen LogP contribution is 2.37. The average molecular weight is 499 g/mol. The number of nitrogens with two attached hydrogens (primary N) is 2. The highest BCUT2D eigenvalue weighted by Gasteiger charge is 2.26. The first-order valence-corrected chi connectivity index (χ1v) is 12.4. The van der Waals surface area contributed by atoms with E-state index in [1.54, 1.807) is 7.05 Å². The Hall–Kier alpha value is -2.78. The Bertz CT molecular complexity index is 1110. The van der Waals surface area contributed by atoms with Crippen LogP contribution in [0.2, 0.25) is 5.02 Å². The summed E-state index contributed by atoms with van der Waals surface area (Å²) in [6, 6.07) is 10.1. The van der Waals surface area contributed by atoms with E-state index in [1.807, 2.05) is 31.2 Å². The molecule has 0 aliphatic carbocycles. The van der Waals surface area contributed by atoms with Crippen LogP contribution in [0.5, 0.6) is 0 Å². The van der Waals surface area contributed by atoms with Gasteiger partial charge in [0, 0.05) is 43.8 Å². The van der Waals surface area contributed by atoms with Crippen molar-refractivity contribution in [2.45, 2.75) is 44.7 Å². The summed E-state index contributed by atoms with van der Waals surface area (Å²) in [5.41, 5.74) is 14.7. The molecule has 2 aromatic carbocycles. The van der Waals surface area contributed by atoms with Crippen molar-refractivity contribution in [1.29, 1.82) is 0 Å². The molecule has 4 rings (SSSR count). The number of nitrogen functional groups attached to an aromatic ring is 1. The molecule has 0 spiro atoms. The number of hydrazine groups is 2. The maximum absolute atomic E-state index is 11.8. The van der Waals surface area contributed by atoms with E-state index in [2.05, 4.69) is 33.7 Å². The summed E-state index contributed by atoms with van der Waals surface area (Å²) in [6.45, 7) is 5.47. The van der Waals surface area contributed by atoms with Crippen molar-refractivity contribution in [2.75, 3.05) is 37.4 Å². The van der Waals surface area contributed by atoms with E-state index in [-0.39, 0.29) is 12.3 Å². The molecule has 6 N–H and O–H groups in total. The van der Waals surface area contributed by atoms with Gasteiger partial charge in [-0.1, -0.05) is 35.9 Å². The van der Waals surface area contributed by atoms with Crippen molar-refractivity contribution >= 4 is 28.9 Å². The maximum Gasteiger partial charge on any atom is 0.304 e. The van der Waals surface area contributed by atoms with Crippen molar-refractivity contribution in [3.8, 4) is 0 Å². The molecule has 9 heteroatoms. The molecule has 1 fully saturated rings. The number of aliphatic carboxylic acids is 1. The van der Waals surface area contributed by atoms with Gasteiger partial charge in [-0.15, -0.1) is 0 Å². The Morgan fingerprint density at radius 3 is 2.83 bits per heavy atom. The minimum absolute atomic E-state index is 0.0437. The third-order valence-electron chi connectivity index (χ3n) is 7.07. The molecular weight excluding hydrogens is 464 g/mol. The second kappa shape index (κ2) is 10.9. The van der Waals surface area contributed by atoms with Crippen LogP contribution in [0.15, 0.2) is 42.6 Å². The summed E-state index contributed by atoms with van der Waals surface area (Å²) < 4.78 is 0. The van der Waals surface area contributed by atoms with Crippen LogP contribution in [0.25, 0.3) is 0 Å². The third-order valence-corrected chi connectivity index (χ3v) is 7.43. The Morgan fingerprint density at radius 2 is 2.14 bits per heavy atom. The number of carboxylic acid groups (broad SMARTS) is 1. The Balaban J connectivity index is 1.61. The molecule has 2 heterocycles. The maximum atomic E-state index is 11.8. The van der Waals surface area contributed by atoms with Gasteiger partial charge in [-0.2, -0.15) is 0 Å². The van der Waals surface area contributed by atoms with E-state index in [0.717, 1.165) is 61.3 Å². The van der Waals surface area contributed by atoms with Crippen molar-refractivity contribution in [2.24, 2.45) is 5.84 Å². The molecule has 0 saturated carbocycles. The van der Waals surface area contributed by atoms with E-state index >= 15 is 0 Å². The second-order valence-corrected chi connectivity index (χ2v) is 9.92. The van der Waals surface area contributed by atoms with Crippen LogP contribution in [-0.2, 0) is 11.3 Å². The summed E-state index contributed by atoms with van der Waals surface area (Å²) in [6.07, 6.45) is 6.49. The molecule has 0 bridgehead atoms. The zero-order valence-corrected chi connectivity index (χ0v) is 21.1. The summed E-state index contributed by atoms with van der Waals surface area (Å²) in [4.78, 5) is 14.3. The quantitative estimate of drug-likeness (QED) is 0.249. The minimum atomic E-state index is -0.866. The van der Waals surface area contributed by atoms with Gasteiger partial charge >= 0.3 is 5.97 Å². The number of benzene rings is 2. The first-order valence-electron chi connectivity index (χ1n) is 12.0. The number of halogens is 1. The first-order chi connectivity index (χ1) is 16.7.